The van der Waals surface area contributed by atoms with Crippen LogP contribution in [0.5, 0.6) is 0 Å². The predicted octanol–water partition coefficient (Wildman–Crippen LogP) is -0.297. The molecule has 1 saturated heterocycles. The Morgan fingerprint density at radius 1 is 1.23 bits per heavy atom. The standard InChI is InChI=1S/C18H17N7O5/c1-22-15-13(17(27)23(2)18(22)28)25(9-19-15)8-12(26)24-6-10(7-24)16-20-14(21-30-16)11-4-3-5-29-11/h3-5,9-10H,6-8H2,1-2H3. The van der Waals surface area contributed by atoms with Crippen molar-refractivity contribution < 1.29 is 13.7 Å². The first-order valence-corrected chi connectivity index (χ1v) is 9.20. The van der Waals surface area contributed by atoms with E-state index in [0.717, 1.165) is 4.57 Å². The highest BCUT2D eigenvalue weighted by Gasteiger charge is 2.36. The fourth-order valence-corrected chi connectivity index (χ4v) is 3.51. The third kappa shape index (κ3) is 2.68. The van der Waals surface area contributed by atoms with Gasteiger partial charge in [0.05, 0.1) is 18.5 Å². The van der Waals surface area contributed by atoms with E-state index in [1.807, 2.05) is 0 Å². The van der Waals surface area contributed by atoms with E-state index in [2.05, 4.69) is 15.1 Å². The summed E-state index contributed by atoms with van der Waals surface area (Å²) in [5, 5.41) is 3.90. The van der Waals surface area contributed by atoms with Crippen LogP contribution in [0.3, 0.4) is 0 Å². The molecule has 5 heterocycles. The molecule has 0 aliphatic carbocycles. The highest BCUT2D eigenvalue weighted by molar-refractivity contribution is 5.79. The molecule has 5 rings (SSSR count). The van der Waals surface area contributed by atoms with Crippen molar-refractivity contribution in [1.29, 1.82) is 0 Å². The van der Waals surface area contributed by atoms with E-state index in [-0.39, 0.29) is 29.5 Å². The second-order valence-corrected chi connectivity index (χ2v) is 7.18. The van der Waals surface area contributed by atoms with Gasteiger partial charge >= 0.3 is 5.69 Å². The zero-order chi connectivity index (χ0) is 21.0. The molecular weight excluding hydrogens is 394 g/mol. The number of aromatic nitrogens is 6. The van der Waals surface area contributed by atoms with Gasteiger partial charge in [-0.25, -0.2) is 9.78 Å². The van der Waals surface area contributed by atoms with Crippen molar-refractivity contribution >= 4 is 17.1 Å². The molecule has 0 N–H and O–H groups in total. The number of carbonyl (C=O) groups is 1. The summed E-state index contributed by atoms with van der Waals surface area (Å²) in [7, 11) is 2.93. The van der Waals surface area contributed by atoms with Crippen molar-refractivity contribution in [1.82, 2.24) is 33.7 Å². The molecule has 30 heavy (non-hydrogen) atoms. The molecule has 0 bridgehead atoms. The topological polar surface area (TPSA) is 134 Å². The minimum atomic E-state index is -0.490. The Balaban J connectivity index is 1.30. The number of nitrogens with zero attached hydrogens (tertiary/aromatic N) is 7. The Labute approximate surface area is 167 Å². The predicted molar refractivity (Wildman–Crippen MR) is 102 cm³/mol. The van der Waals surface area contributed by atoms with E-state index in [1.54, 1.807) is 17.0 Å². The van der Waals surface area contributed by atoms with Crippen LogP contribution >= 0.6 is 0 Å². The van der Waals surface area contributed by atoms with Gasteiger partial charge < -0.3 is 18.4 Å². The molecule has 154 valence electrons. The van der Waals surface area contributed by atoms with Gasteiger partial charge in [-0.15, -0.1) is 0 Å². The monoisotopic (exact) mass is 411 g/mol. The van der Waals surface area contributed by atoms with Crippen molar-refractivity contribution in [2.75, 3.05) is 13.1 Å². The summed E-state index contributed by atoms with van der Waals surface area (Å²) in [4.78, 5) is 47.3. The van der Waals surface area contributed by atoms with Crippen LogP contribution in [0.2, 0.25) is 0 Å². The molecule has 0 atom stereocenters. The zero-order valence-electron chi connectivity index (χ0n) is 16.2. The average molecular weight is 411 g/mol. The van der Waals surface area contributed by atoms with Crippen LogP contribution < -0.4 is 11.2 Å². The third-order valence-corrected chi connectivity index (χ3v) is 5.29. The lowest BCUT2D eigenvalue weighted by molar-refractivity contribution is -0.136. The molecule has 12 nitrogen and oxygen atoms in total. The Bertz CT molecular complexity index is 1370. The number of imidazole rings is 1. The van der Waals surface area contributed by atoms with E-state index >= 15 is 0 Å². The third-order valence-electron chi connectivity index (χ3n) is 5.29. The van der Waals surface area contributed by atoms with Crippen molar-refractivity contribution in [2.45, 2.75) is 12.5 Å². The maximum absolute atomic E-state index is 12.7. The van der Waals surface area contributed by atoms with E-state index in [4.69, 9.17) is 8.94 Å². The van der Waals surface area contributed by atoms with Crippen molar-refractivity contribution in [2.24, 2.45) is 14.1 Å². The van der Waals surface area contributed by atoms with E-state index in [1.165, 1.54) is 35.8 Å². The summed E-state index contributed by atoms with van der Waals surface area (Å²) in [6, 6.07) is 3.47. The largest absolute Gasteiger partial charge is 0.461 e. The van der Waals surface area contributed by atoms with Gasteiger partial charge in [-0.2, -0.15) is 4.98 Å². The maximum atomic E-state index is 12.7. The number of amides is 1. The summed E-state index contributed by atoms with van der Waals surface area (Å²) in [5.74, 6) is 1.10. The number of fused-ring (bicyclic) bond motifs is 1. The van der Waals surface area contributed by atoms with Gasteiger partial charge in [0.1, 0.15) is 6.54 Å². The van der Waals surface area contributed by atoms with E-state index in [9.17, 15) is 14.4 Å². The van der Waals surface area contributed by atoms with Crippen LogP contribution in [0.4, 0.5) is 0 Å². The Morgan fingerprint density at radius 2 is 2.03 bits per heavy atom. The summed E-state index contributed by atoms with van der Waals surface area (Å²) in [5.41, 5.74) is -0.502. The quantitative estimate of drug-likeness (QED) is 0.447. The summed E-state index contributed by atoms with van der Waals surface area (Å²) >= 11 is 0. The highest BCUT2D eigenvalue weighted by Crippen LogP contribution is 2.28. The molecular formula is C18H17N7O5. The molecule has 1 aliphatic heterocycles. The lowest BCUT2D eigenvalue weighted by Crippen LogP contribution is -2.49. The number of hydrogen-bond donors (Lipinski definition) is 0. The number of rotatable bonds is 4. The molecule has 0 aromatic carbocycles. The second-order valence-electron chi connectivity index (χ2n) is 7.18. The maximum Gasteiger partial charge on any atom is 0.332 e. The summed E-state index contributed by atoms with van der Waals surface area (Å²) in [6.07, 6.45) is 2.93. The summed E-state index contributed by atoms with van der Waals surface area (Å²) in [6.45, 7) is 0.807. The first-order chi connectivity index (χ1) is 14.4. The first-order valence-electron chi connectivity index (χ1n) is 9.20. The Hall–Kier alpha value is -3.96. The van der Waals surface area contributed by atoms with Crippen LogP contribution in [0.25, 0.3) is 22.7 Å². The zero-order valence-corrected chi connectivity index (χ0v) is 16.2. The second kappa shape index (κ2) is 6.54. The van der Waals surface area contributed by atoms with Crippen LogP contribution in [-0.4, -0.2) is 52.7 Å². The smallest absolute Gasteiger partial charge is 0.332 e. The molecule has 0 saturated carbocycles. The van der Waals surface area contributed by atoms with Gasteiger partial charge in [-0.3, -0.25) is 18.7 Å². The fourth-order valence-electron chi connectivity index (χ4n) is 3.51. The van der Waals surface area contributed by atoms with Crippen LogP contribution in [0, 0.1) is 0 Å². The average Bonchev–Trinajstić information content (AvgIpc) is 3.43. The van der Waals surface area contributed by atoms with Gasteiger partial charge in [-0.05, 0) is 12.1 Å². The lowest BCUT2D eigenvalue weighted by atomic mass is 10.00. The summed E-state index contributed by atoms with van der Waals surface area (Å²) < 4.78 is 14.3. The molecule has 12 heteroatoms. The number of aryl methyl sites for hydroxylation is 1. The molecule has 4 aromatic heterocycles. The number of likely N-dealkylation sites (tertiary alicyclic amines) is 1. The van der Waals surface area contributed by atoms with Crippen molar-refractivity contribution in [3.63, 3.8) is 0 Å². The van der Waals surface area contributed by atoms with Crippen molar-refractivity contribution in [3.8, 4) is 11.6 Å². The molecule has 0 unspecified atom stereocenters. The Kier molecular flexibility index (Phi) is 3.94. The molecule has 4 aromatic rings. The highest BCUT2D eigenvalue weighted by atomic mass is 16.5. The molecule has 0 spiro atoms. The SMILES string of the molecule is Cn1c(=O)c2c(ncn2CC(=O)N2CC(c3nc(-c4ccco4)no3)C2)n(C)c1=O. The van der Waals surface area contributed by atoms with Crippen LogP contribution in [0.15, 0.2) is 43.3 Å². The first kappa shape index (κ1) is 18.1. The number of hydrogen-bond acceptors (Lipinski definition) is 8. The minimum Gasteiger partial charge on any atom is -0.461 e. The van der Waals surface area contributed by atoms with E-state index in [0.29, 0.717) is 30.6 Å². The van der Waals surface area contributed by atoms with Gasteiger partial charge in [-0.1, -0.05) is 5.16 Å². The van der Waals surface area contributed by atoms with E-state index < -0.39 is 11.2 Å². The molecule has 1 fully saturated rings. The molecule has 0 radical (unpaired) electrons. The number of carbonyl (C=O) groups excluding carboxylic acids is 1. The Morgan fingerprint density at radius 3 is 2.77 bits per heavy atom. The lowest BCUT2D eigenvalue weighted by Gasteiger charge is -2.37. The van der Waals surface area contributed by atoms with Gasteiger partial charge in [0.25, 0.3) is 5.56 Å². The minimum absolute atomic E-state index is 0.0571. The fraction of sp³-hybridized carbons (Fsp3) is 0.333. The van der Waals surface area contributed by atoms with Gasteiger partial charge in [0, 0.05) is 27.2 Å². The normalized spacial score (nSPS) is 14.4. The number of furan rings is 1. The van der Waals surface area contributed by atoms with Crippen LogP contribution in [-0.2, 0) is 25.4 Å². The molecule has 1 aliphatic rings. The molecule has 1 amide bonds. The van der Waals surface area contributed by atoms with Crippen LogP contribution in [0.1, 0.15) is 11.8 Å². The van der Waals surface area contributed by atoms with Gasteiger partial charge in [0.2, 0.25) is 17.6 Å². The van der Waals surface area contributed by atoms with Crippen molar-refractivity contribution in [3.05, 3.63) is 51.5 Å². The van der Waals surface area contributed by atoms with Gasteiger partial charge in [0.15, 0.2) is 16.9 Å².